The molecule has 2 heterocycles. The third-order valence-corrected chi connectivity index (χ3v) is 2.47. The van der Waals surface area contributed by atoms with Crippen LogP contribution in [0, 0.1) is 0 Å². The maximum Gasteiger partial charge on any atom is 0.137 e. The zero-order valence-electron chi connectivity index (χ0n) is 7.69. The smallest absolute Gasteiger partial charge is 0.137 e. The minimum atomic E-state index is 0.322. The molecule has 0 amide bonds. The van der Waals surface area contributed by atoms with Crippen molar-refractivity contribution >= 4 is 11.0 Å². The molecular weight excluding hydrogens is 178 g/mol. The van der Waals surface area contributed by atoms with Crippen LogP contribution in [0.25, 0.3) is 11.0 Å². The number of nitrogens with one attached hydrogen (secondary N) is 1. The van der Waals surface area contributed by atoms with E-state index in [1.165, 1.54) is 0 Å². The Balaban J connectivity index is 1.88. The lowest BCUT2D eigenvalue weighted by Gasteiger charge is -2.27. The Bertz CT molecular complexity index is 445. The van der Waals surface area contributed by atoms with Gasteiger partial charge in [0.05, 0.1) is 6.26 Å². The molecule has 0 atom stereocenters. The SMILES string of the molecule is c1cc2ccc(OC3CNC3)cc2o1. The third-order valence-electron chi connectivity index (χ3n) is 2.47. The number of ether oxygens (including phenoxy) is 1. The molecule has 0 saturated carbocycles. The summed E-state index contributed by atoms with van der Waals surface area (Å²) < 4.78 is 11.0. The number of furan rings is 1. The molecule has 0 aliphatic carbocycles. The lowest BCUT2D eigenvalue weighted by atomic mass is 10.2. The maximum absolute atomic E-state index is 5.71. The molecule has 72 valence electrons. The van der Waals surface area contributed by atoms with E-state index in [4.69, 9.17) is 9.15 Å². The summed E-state index contributed by atoms with van der Waals surface area (Å²) in [7, 11) is 0. The lowest BCUT2D eigenvalue weighted by molar-refractivity contribution is 0.142. The van der Waals surface area contributed by atoms with Crippen molar-refractivity contribution in [3.8, 4) is 5.75 Å². The van der Waals surface area contributed by atoms with E-state index in [1.54, 1.807) is 6.26 Å². The van der Waals surface area contributed by atoms with Crippen LogP contribution in [0.2, 0.25) is 0 Å². The van der Waals surface area contributed by atoms with E-state index in [2.05, 4.69) is 5.32 Å². The first-order valence-corrected chi connectivity index (χ1v) is 4.76. The molecule has 1 aliphatic rings. The number of hydrogen-bond acceptors (Lipinski definition) is 3. The van der Waals surface area contributed by atoms with Gasteiger partial charge in [0.1, 0.15) is 17.4 Å². The van der Waals surface area contributed by atoms with E-state index < -0.39 is 0 Å². The number of rotatable bonds is 2. The second-order valence-corrected chi connectivity index (χ2v) is 3.52. The molecule has 1 saturated heterocycles. The molecular formula is C11H11NO2. The predicted molar refractivity (Wildman–Crippen MR) is 53.5 cm³/mol. The zero-order chi connectivity index (χ0) is 9.38. The summed E-state index contributed by atoms with van der Waals surface area (Å²) in [6.45, 7) is 1.88. The minimum absolute atomic E-state index is 0.322. The summed E-state index contributed by atoms with van der Waals surface area (Å²) in [5, 5.41) is 4.28. The van der Waals surface area contributed by atoms with E-state index in [-0.39, 0.29) is 0 Å². The van der Waals surface area contributed by atoms with Crippen LogP contribution in [0.1, 0.15) is 0 Å². The van der Waals surface area contributed by atoms with Crippen molar-refractivity contribution in [2.75, 3.05) is 13.1 Å². The molecule has 2 aromatic rings. The summed E-state index contributed by atoms with van der Waals surface area (Å²) in [6.07, 6.45) is 2.02. The van der Waals surface area contributed by atoms with Crippen molar-refractivity contribution in [3.05, 3.63) is 30.5 Å². The van der Waals surface area contributed by atoms with Crippen LogP contribution in [-0.2, 0) is 0 Å². The Hall–Kier alpha value is -1.48. The van der Waals surface area contributed by atoms with Gasteiger partial charge in [-0.2, -0.15) is 0 Å². The molecule has 3 rings (SSSR count). The Kier molecular flexibility index (Phi) is 1.70. The van der Waals surface area contributed by atoms with Gasteiger partial charge in [-0.05, 0) is 18.2 Å². The van der Waals surface area contributed by atoms with Crippen LogP contribution < -0.4 is 10.1 Å². The van der Waals surface area contributed by atoms with Gasteiger partial charge in [-0.15, -0.1) is 0 Å². The summed E-state index contributed by atoms with van der Waals surface area (Å²) in [5.74, 6) is 0.888. The van der Waals surface area contributed by atoms with Gasteiger partial charge in [0.15, 0.2) is 0 Å². The molecule has 0 radical (unpaired) electrons. The van der Waals surface area contributed by atoms with Gasteiger partial charge >= 0.3 is 0 Å². The number of fused-ring (bicyclic) bond motifs is 1. The molecule has 0 spiro atoms. The van der Waals surface area contributed by atoms with E-state index in [1.807, 2.05) is 24.3 Å². The number of hydrogen-bond donors (Lipinski definition) is 1. The normalized spacial score (nSPS) is 16.9. The van der Waals surface area contributed by atoms with Crippen molar-refractivity contribution in [3.63, 3.8) is 0 Å². The second kappa shape index (κ2) is 3.03. The van der Waals surface area contributed by atoms with E-state index in [9.17, 15) is 0 Å². The number of benzene rings is 1. The van der Waals surface area contributed by atoms with Gasteiger partial charge in [0.2, 0.25) is 0 Å². The van der Waals surface area contributed by atoms with Gasteiger partial charge in [-0.1, -0.05) is 0 Å². The fourth-order valence-electron chi connectivity index (χ4n) is 1.55. The Labute approximate surface area is 81.7 Å². The fraction of sp³-hybridized carbons (Fsp3) is 0.273. The Morgan fingerprint density at radius 1 is 1.29 bits per heavy atom. The van der Waals surface area contributed by atoms with Gasteiger partial charge < -0.3 is 14.5 Å². The highest BCUT2D eigenvalue weighted by Crippen LogP contribution is 2.22. The van der Waals surface area contributed by atoms with Crippen LogP contribution >= 0.6 is 0 Å². The van der Waals surface area contributed by atoms with Gasteiger partial charge in [0, 0.05) is 24.5 Å². The zero-order valence-corrected chi connectivity index (χ0v) is 7.69. The first-order valence-electron chi connectivity index (χ1n) is 4.76. The third kappa shape index (κ3) is 1.26. The van der Waals surface area contributed by atoms with Crippen molar-refractivity contribution in [1.29, 1.82) is 0 Å². The van der Waals surface area contributed by atoms with Gasteiger partial charge in [0.25, 0.3) is 0 Å². The standard InChI is InChI=1S/C11H11NO2/c1-2-9(14-10-6-12-7-10)5-11-8(1)3-4-13-11/h1-5,10,12H,6-7H2. The van der Waals surface area contributed by atoms with Crippen LogP contribution in [-0.4, -0.2) is 19.2 Å². The second-order valence-electron chi connectivity index (χ2n) is 3.52. The fourth-order valence-corrected chi connectivity index (χ4v) is 1.55. The monoisotopic (exact) mass is 189 g/mol. The molecule has 0 bridgehead atoms. The lowest BCUT2D eigenvalue weighted by Crippen LogP contribution is -2.50. The van der Waals surface area contributed by atoms with Gasteiger partial charge in [-0.25, -0.2) is 0 Å². The minimum Gasteiger partial charge on any atom is -0.488 e. The van der Waals surface area contributed by atoms with Crippen LogP contribution in [0.5, 0.6) is 5.75 Å². The highest BCUT2D eigenvalue weighted by molar-refractivity contribution is 5.78. The van der Waals surface area contributed by atoms with Gasteiger partial charge in [-0.3, -0.25) is 0 Å². The molecule has 1 aromatic heterocycles. The molecule has 1 aliphatic heterocycles. The first kappa shape index (κ1) is 7.88. The van der Waals surface area contributed by atoms with E-state index >= 15 is 0 Å². The summed E-state index contributed by atoms with van der Waals surface area (Å²) in [4.78, 5) is 0. The maximum atomic E-state index is 5.71. The highest BCUT2D eigenvalue weighted by Gasteiger charge is 2.18. The Morgan fingerprint density at radius 3 is 3.00 bits per heavy atom. The summed E-state index contributed by atoms with van der Waals surface area (Å²) in [6, 6.07) is 7.88. The predicted octanol–water partition coefficient (Wildman–Crippen LogP) is 1.78. The average Bonchev–Trinajstić information content (AvgIpc) is 2.58. The topological polar surface area (TPSA) is 34.4 Å². The Morgan fingerprint density at radius 2 is 2.21 bits per heavy atom. The molecule has 1 fully saturated rings. The van der Waals surface area contributed by atoms with E-state index in [0.717, 1.165) is 29.8 Å². The molecule has 0 unspecified atom stereocenters. The van der Waals surface area contributed by atoms with Crippen LogP contribution in [0.4, 0.5) is 0 Å². The summed E-state index contributed by atoms with van der Waals surface area (Å²) >= 11 is 0. The van der Waals surface area contributed by atoms with Crippen molar-refractivity contribution in [1.82, 2.24) is 5.32 Å². The van der Waals surface area contributed by atoms with Crippen LogP contribution in [0.15, 0.2) is 34.9 Å². The van der Waals surface area contributed by atoms with E-state index in [0.29, 0.717) is 6.10 Å². The summed E-state index contributed by atoms with van der Waals surface area (Å²) in [5.41, 5.74) is 0.884. The molecule has 1 N–H and O–H groups in total. The highest BCUT2D eigenvalue weighted by atomic mass is 16.5. The van der Waals surface area contributed by atoms with Crippen molar-refractivity contribution in [2.24, 2.45) is 0 Å². The molecule has 3 heteroatoms. The quantitative estimate of drug-likeness (QED) is 0.782. The van der Waals surface area contributed by atoms with Crippen molar-refractivity contribution < 1.29 is 9.15 Å². The van der Waals surface area contributed by atoms with Crippen LogP contribution in [0.3, 0.4) is 0 Å². The molecule has 14 heavy (non-hydrogen) atoms. The largest absolute Gasteiger partial charge is 0.488 e. The molecule has 3 nitrogen and oxygen atoms in total. The first-order chi connectivity index (χ1) is 6.92. The van der Waals surface area contributed by atoms with Crippen molar-refractivity contribution in [2.45, 2.75) is 6.10 Å². The average molecular weight is 189 g/mol. The molecule has 1 aromatic carbocycles.